The van der Waals surface area contributed by atoms with Crippen LogP contribution in [0.4, 0.5) is 11.4 Å². The van der Waals surface area contributed by atoms with Crippen molar-refractivity contribution in [3.63, 3.8) is 0 Å². The fraction of sp³-hybridized carbons (Fsp3) is 0.350. The zero-order chi connectivity index (χ0) is 17.6. The number of rotatable bonds is 3. The van der Waals surface area contributed by atoms with Gasteiger partial charge in [0.25, 0.3) is 5.91 Å². The van der Waals surface area contributed by atoms with Crippen LogP contribution in [0.2, 0.25) is 0 Å². The highest BCUT2D eigenvalue weighted by Crippen LogP contribution is 2.37. The summed E-state index contributed by atoms with van der Waals surface area (Å²) < 4.78 is 0. The monoisotopic (exact) mass is 337 g/mol. The zero-order valence-electron chi connectivity index (χ0n) is 14.6. The highest BCUT2D eigenvalue weighted by molar-refractivity contribution is 5.93. The molecule has 0 radical (unpaired) electrons. The number of hydrogen-bond donors (Lipinski definition) is 1. The molecule has 2 aromatic rings. The molecule has 130 valence electrons. The fourth-order valence-corrected chi connectivity index (χ4v) is 4.02. The molecule has 2 heterocycles. The van der Waals surface area contributed by atoms with Crippen LogP contribution in [0.3, 0.4) is 0 Å². The third-order valence-electron chi connectivity index (χ3n) is 5.35. The molecular formula is C20H23N3O2. The zero-order valence-corrected chi connectivity index (χ0v) is 14.6. The van der Waals surface area contributed by atoms with E-state index in [0.29, 0.717) is 22.7 Å². The summed E-state index contributed by atoms with van der Waals surface area (Å²) in [6.07, 6.45) is 1.17. The van der Waals surface area contributed by atoms with Crippen LogP contribution in [0.15, 0.2) is 48.5 Å². The third-order valence-corrected chi connectivity index (χ3v) is 5.35. The summed E-state index contributed by atoms with van der Waals surface area (Å²) >= 11 is 0. The second kappa shape index (κ2) is 6.08. The van der Waals surface area contributed by atoms with E-state index in [1.807, 2.05) is 12.1 Å². The number of carbonyl (C=O) groups is 1. The first kappa shape index (κ1) is 16.0. The molecular weight excluding hydrogens is 314 g/mol. The van der Waals surface area contributed by atoms with E-state index in [4.69, 9.17) is 0 Å². The summed E-state index contributed by atoms with van der Waals surface area (Å²) in [5, 5.41) is 9.88. The largest absolute Gasteiger partial charge is 0.365 e. The first-order valence-corrected chi connectivity index (χ1v) is 8.70. The number of hydroxylamine groups is 2. The molecule has 1 amide bonds. The number of hydrogen-bond acceptors (Lipinski definition) is 4. The minimum atomic E-state index is -0.389. The molecule has 2 fully saturated rings. The lowest BCUT2D eigenvalue weighted by Gasteiger charge is -2.37. The molecule has 1 N–H and O–H groups in total. The maximum Gasteiger partial charge on any atom is 0.276 e. The molecule has 0 saturated carbocycles. The molecule has 2 aliphatic heterocycles. The minimum absolute atomic E-state index is 0.389. The molecule has 2 saturated heterocycles. The SMILES string of the molecule is Cc1ccc(N2C[C@@H]3C[C@H]2CN3c2ccc(C(=O)N(C)O)cc2)cc1. The molecule has 0 spiro atoms. The predicted molar refractivity (Wildman–Crippen MR) is 98.4 cm³/mol. The van der Waals surface area contributed by atoms with Gasteiger partial charge in [-0.25, -0.2) is 5.06 Å². The maximum absolute atomic E-state index is 11.8. The second-order valence-electron chi connectivity index (χ2n) is 7.06. The molecule has 5 heteroatoms. The van der Waals surface area contributed by atoms with E-state index in [1.165, 1.54) is 24.7 Å². The van der Waals surface area contributed by atoms with Gasteiger partial charge in [0.2, 0.25) is 0 Å². The first-order chi connectivity index (χ1) is 12.0. The molecule has 2 aliphatic rings. The van der Waals surface area contributed by atoms with E-state index in [1.54, 1.807) is 12.1 Å². The Kier molecular flexibility index (Phi) is 3.88. The van der Waals surface area contributed by atoms with E-state index in [0.717, 1.165) is 18.8 Å². The number of nitrogens with zero attached hydrogens (tertiary/aromatic N) is 3. The average molecular weight is 337 g/mol. The predicted octanol–water partition coefficient (Wildman–Crippen LogP) is 2.92. The van der Waals surface area contributed by atoms with Crippen LogP contribution in [0.25, 0.3) is 0 Å². The fourth-order valence-electron chi connectivity index (χ4n) is 4.02. The van der Waals surface area contributed by atoms with E-state index in [2.05, 4.69) is 41.0 Å². The van der Waals surface area contributed by atoms with E-state index in [9.17, 15) is 10.0 Å². The Morgan fingerprint density at radius 3 is 1.88 bits per heavy atom. The van der Waals surface area contributed by atoms with Crippen LogP contribution >= 0.6 is 0 Å². The molecule has 2 bridgehead atoms. The van der Waals surface area contributed by atoms with Crippen molar-refractivity contribution in [2.75, 3.05) is 29.9 Å². The van der Waals surface area contributed by atoms with Crippen molar-refractivity contribution >= 4 is 17.3 Å². The van der Waals surface area contributed by atoms with Gasteiger partial charge in [0.05, 0.1) is 0 Å². The van der Waals surface area contributed by atoms with Gasteiger partial charge in [-0.1, -0.05) is 17.7 Å². The van der Waals surface area contributed by atoms with Gasteiger partial charge >= 0.3 is 0 Å². The van der Waals surface area contributed by atoms with Crippen molar-refractivity contribution < 1.29 is 10.0 Å². The van der Waals surface area contributed by atoms with Crippen LogP contribution in [0.5, 0.6) is 0 Å². The molecule has 0 unspecified atom stereocenters. The summed E-state index contributed by atoms with van der Waals surface area (Å²) in [6.45, 7) is 4.16. The Morgan fingerprint density at radius 2 is 1.44 bits per heavy atom. The van der Waals surface area contributed by atoms with Crippen LogP contribution in [-0.4, -0.2) is 48.4 Å². The second-order valence-corrected chi connectivity index (χ2v) is 7.06. The lowest BCUT2D eigenvalue weighted by Crippen LogP contribution is -2.46. The number of benzene rings is 2. The summed E-state index contributed by atoms with van der Waals surface area (Å²) in [5.41, 5.74) is 4.25. The standard InChI is InChI=1S/C20H23N3O2/c1-14-3-7-16(8-4-14)22-12-19-11-18(22)13-23(19)17-9-5-15(6-10-17)20(24)21(2)25/h3-10,18-19,25H,11-13H2,1-2H3/t18-,19-/m0/s1. The Bertz CT molecular complexity index is 771. The van der Waals surface area contributed by atoms with Crippen molar-refractivity contribution in [2.24, 2.45) is 0 Å². The third kappa shape index (κ3) is 2.85. The Morgan fingerprint density at radius 1 is 0.960 bits per heavy atom. The molecule has 2 aromatic carbocycles. The number of piperazine rings is 1. The van der Waals surface area contributed by atoms with Gasteiger partial charge in [-0.15, -0.1) is 0 Å². The molecule has 2 atom stereocenters. The van der Waals surface area contributed by atoms with Crippen LogP contribution < -0.4 is 9.80 Å². The van der Waals surface area contributed by atoms with E-state index >= 15 is 0 Å². The quantitative estimate of drug-likeness (QED) is 0.691. The first-order valence-electron chi connectivity index (χ1n) is 8.70. The van der Waals surface area contributed by atoms with E-state index in [-0.39, 0.29) is 5.91 Å². The van der Waals surface area contributed by atoms with Crippen molar-refractivity contribution in [1.29, 1.82) is 0 Å². The topological polar surface area (TPSA) is 47.0 Å². The minimum Gasteiger partial charge on any atom is -0.365 e. The smallest absolute Gasteiger partial charge is 0.276 e. The normalized spacial score (nSPS) is 21.7. The number of amides is 1. The molecule has 0 aliphatic carbocycles. The van der Waals surface area contributed by atoms with Crippen molar-refractivity contribution in [1.82, 2.24) is 5.06 Å². The van der Waals surface area contributed by atoms with Crippen LogP contribution in [0, 0.1) is 6.92 Å². The van der Waals surface area contributed by atoms with Crippen LogP contribution in [-0.2, 0) is 0 Å². The average Bonchev–Trinajstić information content (AvgIpc) is 3.22. The number of aryl methyl sites for hydroxylation is 1. The Balaban J connectivity index is 1.47. The van der Waals surface area contributed by atoms with Crippen molar-refractivity contribution in [3.05, 3.63) is 59.7 Å². The highest BCUT2D eigenvalue weighted by atomic mass is 16.5. The van der Waals surface area contributed by atoms with Crippen molar-refractivity contribution in [2.45, 2.75) is 25.4 Å². The van der Waals surface area contributed by atoms with Gasteiger partial charge in [0, 0.05) is 49.2 Å². The van der Waals surface area contributed by atoms with Gasteiger partial charge in [-0.2, -0.15) is 0 Å². The number of carbonyl (C=O) groups excluding carboxylic acids is 1. The Labute approximate surface area is 148 Å². The number of anilines is 2. The van der Waals surface area contributed by atoms with Gasteiger partial charge in [-0.05, 0) is 49.7 Å². The van der Waals surface area contributed by atoms with Gasteiger partial charge in [0.1, 0.15) is 0 Å². The molecule has 4 rings (SSSR count). The summed E-state index contributed by atoms with van der Waals surface area (Å²) in [5.74, 6) is -0.389. The molecule has 25 heavy (non-hydrogen) atoms. The molecule has 5 nitrogen and oxygen atoms in total. The maximum atomic E-state index is 11.8. The summed E-state index contributed by atoms with van der Waals surface area (Å²) in [6, 6.07) is 17.4. The lowest BCUT2D eigenvalue weighted by molar-refractivity contribution is -0.0374. The molecule has 0 aromatic heterocycles. The van der Waals surface area contributed by atoms with Crippen molar-refractivity contribution in [3.8, 4) is 0 Å². The lowest BCUT2D eigenvalue weighted by atomic mass is 10.1. The Hall–Kier alpha value is -2.53. The van der Waals surface area contributed by atoms with Crippen LogP contribution in [0.1, 0.15) is 22.3 Å². The summed E-state index contributed by atoms with van der Waals surface area (Å²) in [7, 11) is 1.34. The van der Waals surface area contributed by atoms with Gasteiger partial charge in [0.15, 0.2) is 0 Å². The van der Waals surface area contributed by atoms with Gasteiger partial charge in [-0.3, -0.25) is 10.0 Å². The number of fused-ring (bicyclic) bond motifs is 2. The van der Waals surface area contributed by atoms with Gasteiger partial charge < -0.3 is 9.80 Å². The summed E-state index contributed by atoms with van der Waals surface area (Å²) in [4.78, 5) is 16.7. The highest BCUT2D eigenvalue weighted by Gasteiger charge is 2.43. The van der Waals surface area contributed by atoms with E-state index < -0.39 is 0 Å².